The van der Waals surface area contributed by atoms with Crippen LogP contribution in [0.15, 0.2) is 46.9 Å². The van der Waals surface area contributed by atoms with Gasteiger partial charge in [0.15, 0.2) is 0 Å². The highest BCUT2D eigenvalue weighted by atomic mass is 32.2. The summed E-state index contributed by atoms with van der Waals surface area (Å²) in [6, 6.07) is 8.86. The van der Waals surface area contributed by atoms with Crippen LogP contribution in [-0.4, -0.2) is 32.2 Å². The Morgan fingerprint density at radius 1 is 1.39 bits per heavy atom. The maximum atomic E-state index is 12.5. The van der Waals surface area contributed by atoms with Crippen LogP contribution in [-0.2, 0) is 9.59 Å². The number of carboxylic acids is 1. The first kappa shape index (κ1) is 17.4. The second kappa shape index (κ2) is 7.57. The lowest BCUT2D eigenvalue weighted by Crippen LogP contribution is -2.43. The molecule has 0 aliphatic carbocycles. The Hall–Kier alpha value is -1.92. The Morgan fingerprint density at radius 2 is 2.04 bits per heavy atom. The van der Waals surface area contributed by atoms with Gasteiger partial charge in [-0.05, 0) is 30.6 Å². The molecule has 1 aliphatic heterocycles. The monoisotopic (exact) mass is 347 g/mol. The lowest BCUT2D eigenvalue weighted by molar-refractivity contribution is -0.145. The highest BCUT2D eigenvalue weighted by Gasteiger charge is 2.39. The van der Waals surface area contributed by atoms with Gasteiger partial charge in [0.2, 0.25) is 0 Å². The highest BCUT2D eigenvalue weighted by molar-refractivity contribution is 8.26. The van der Waals surface area contributed by atoms with E-state index < -0.39 is 12.0 Å². The van der Waals surface area contributed by atoms with E-state index in [1.54, 1.807) is 13.0 Å². The molecule has 0 spiro atoms. The number of rotatable bonds is 5. The molecule has 0 unspecified atom stereocenters. The first-order chi connectivity index (χ1) is 10.9. The number of amides is 1. The number of benzene rings is 1. The zero-order chi connectivity index (χ0) is 17.0. The highest BCUT2D eigenvalue weighted by Crippen LogP contribution is 2.34. The van der Waals surface area contributed by atoms with Crippen molar-refractivity contribution in [1.82, 2.24) is 4.90 Å². The molecule has 1 heterocycles. The molecule has 1 aliphatic rings. The molecule has 6 heteroatoms. The van der Waals surface area contributed by atoms with Crippen molar-refractivity contribution < 1.29 is 14.7 Å². The molecule has 0 aromatic heterocycles. The minimum Gasteiger partial charge on any atom is -0.480 e. The van der Waals surface area contributed by atoms with Crippen LogP contribution in [0.25, 0.3) is 6.08 Å². The van der Waals surface area contributed by atoms with E-state index in [9.17, 15) is 14.7 Å². The zero-order valence-electron chi connectivity index (χ0n) is 12.9. The van der Waals surface area contributed by atoms with Gasteiger partial charge in [0.1, 0.15) is 10.4 Å². The zero-order valence-corrected chi connectivity index (χ0v) is 14.5. The molecule has 1 aromatic carbocycles. The van der Waals surface area contributed by atoms with E-state index in [2.05, 4.69) is 0 Å². The fourth-order valence-electron chi connectivity index (χ4n) is 2.28. The molecule has 0 saturated carbocycles. The van der Waals surface area contributed by atoms with Gasteiger partial charge in [-0.2, -0.15) is 0 Å². The van der Waals surface area contributed by atoms with Crippen molar-refractivity contribution in [2.45, 2.75) is 26.3 Å². The Bertz CT molecular complexity index is 695. The lowest BCUT2D eigenvalue weighted by Gasteiger charge is -2.21. The molecule has 2 rings (SSSR count). The number of nitrogens with zero attached hydrogens (tertiary/aromatic N) is 1. The van der Waals surface area contributed by atoms with Gasteiger partial charge in [-0.25, -0.2) is 4.79 Å². The Kier molecular flexibility index (Phi) is 5.74. The molecule has 1 aromatic rings. The predicted molar refractivity (Wildman–Crippen MR) is 96.9 cm³/mol. The topological polar surface area (TPSA) is 57.6 Å². The van der Waals surface area contributed by atoms with Crippen LogP contribution in [0.4, 0.5) is 0 Å². The first-order valence-electron chi connectivity index (χ1n) is 7.17. The van der Waals surface area contributed by atoms with E-state index in [1.807, 2.05) is 43.3 Å². The lowest BCUT2D eigenvalue weighted by atomic mass is 10.1. The van der Waals surface area contributed by atoms with E-state index >= 15 is 0 Å². The summed E-state index contributed by atoms with van der Waals surface area (Å²) in [5, 5.41) is 9.24. The summed E-state index contributed by atoms with van der Waals surface area (Å²) < 4.78 is 0.294. The van der Waals surface area contributed by atoms with Crippen molar-refractivity contribution >= 4 is 46.3 Å². The average molecular weight is 347 g/mol. The van der Waals surface area contributed by atoms with Crippen LogP contribution >= 0.6 is 24.0 Å². The normalized spacial score (nSPS) is 18.6. The standard InChI is InChI=1S/C17H17NO3S2/c1-3-13(16(20)21)18-15(19)14(23-17(18)22)10-11(2)9-12-7-5-4-6-8-12/h4-10,13H,3H2,1-2H3,(H,20,21)/b11-9-,14-10+/t13-/m0/s1. The van der Waals surface area contributed by atoms with Gasteiger partial charge in [-0.15, -0.1) is 0 Å². The summed E-state index contributed by atoms with van der Waals surface area (Å²) in [4.78, 5) is 25.4. The summed E-state index contributed by atoms with van der Waals surface area (Å²) >= 11 is 6.33. The second-order valence-electron chi connectivity index (χ2n) is 5.11. The van der Waals surface area contributed by atoms with Gasteiger partial charge in [0, 0.05) is 0 Å². The SMILES string of the molecule is CC[C@@H](C(=O)O)N1C(=O)/C(=C\C(C)=C/c2ccccc2)SC1=S. The van der Waals surface area contributed by atoms with Crippen molar-refractivity contribution in [1.29, 1.82) is 0 Å². The average Bonchev–Trinajstić information content (AvgIpc) is 2.76. The van der Waals surface area contributed by atoms with Crippen LogP contribution in [0.5, 0.6) is 0 Å². The van der Waals surface area contributed by atoms with Gasteiger partial charge in [-0.3, -0.25) is 9.69 Å². The summed E-state index contributed by atoms with van der Waals surface area (Å²) in [6.45, 7) is 3.62. The summed E-state index contributed by atoms with van der Waals surface area (Å²) in [6.07, 6.45) is 4.02. The fourth-order valence-corrected chi connectivity index (χ4v) is 3.68. The number of aliphatic carboxylic acids is 1. The molecule has 120 valence electrons. The predicted octanol–water partition coefficient (Wildman–Crippen LogP) is 3.70. The molecule has 1 atom stereocenters. The number of allylic oxidation sites excluding steroid dienone is 2. The number of carbonyl (C=O) groups excluding carboxylic acids is 1. The molecule has 1 amide bonds. The van der Waals surface area contributed by atoms with Crippen molar-refractivity contribution in [3.63, 3.8) is 0 Å². The molecule has 23 heavy (non-hydrogen) atoms. The van der Waals surface area contributed by atoms with Crippen LogP contribution in [0.1, 0.15) is 25.8 Å². The summed E-state index contributed by atoms with van der Waals surface area (Å²) in [5.41, 5.74) is 1.94. The number of carboxylic acid groups (broad SMARTS) is 1. The first-order valence-corrected chi connectivity index (χ1v) is 8.39. The fraction of sp³-hybridized carbons (Fsp3) is 0.235. The van der Waals surface area contributed by atoms with Crippen LogP contribution in [0, 0.1) is 0 Å². The minimum absolute atomic E-state index is 0.294. The molecule has 0 radical (unpaired) electrons. The molecule has 0 bridgehead atoms. The number of hydrogen-bond donors (Lipinski definition) is 1. The van der Waals surface area contributed by atoms with Crippen molar-refractivity contribution in [2.75, 3.05) is 0 Å². The number of thiocarbonyl (C=S) groups is 1. The van der Waals surface area contributed by atoms with Gasteiger partial charge in [0.05, 0.1) is 4.91 Å². The summed E-state index contributed by atoms with van der Waals surface area (Å²) in [5.74, 6) is -1.38. The van der Waals surface area contributed by atoms with Gasteiger partial charge >= 0.3 is 5.97 Å². The molecular formula is C17H17NO3S2. The Labute approximate surface area is 144 Å². The van der Waals surface area contributed by atoms with E-state index in [0.29, 0.717) is 15.6 Å². The van der Waals surface area contributed by atoms with E-state index in [1.165, 1.54) is 4.90 Å². The van der Waals surface area contributed by atoms with Gasteiger partial charge < -0.3 is 5.11 Å². The molecule has 1 N–H and O–H groups in total. The van der Waals surface area contributed by atoms with Crippen LogP contribution in [0.2, 0.25) is 0 Å². The Morgan fingerprint density at radius 3 is 2.61 bits per heavy atom. The third-order valence-electron chi connectivity index (χ3n) is 3.36. The van der Waals surface area contributed by atoms with E-state index in [0.717, 1.165) is 22.9 Å². The third kappa shape index (κ3) is 4.09. The van der Waals surface area contributed by atoms with Gasteiger partial charge in [0.25, 0.3) is 5.91 Å². The minimum atomic E-state index is -1.04. The molecule has 4 nitrogen and oxygen atoms in total. The van der Waals surface area contributed by atoms with Gasteiger partial charge in [-0.1, -0.05) is 67.3 Å². The quantitative estimate of drug-likeness (QED) is 0.650. The number of carbonyl (C=O) groups is 2. The number of thioether (sulfide) groups is 1. The molecule has 1 fully saturated rings. The van der Waals surface area contributed by atoms with Crippen molar-refractivity contribution in [3.8, 4) is 0 Å². The van der Waals surface area contributed by atoms with E-state index in [-0.39, 0.29) is 5.91 Å². The smallest absolute Gasteiger partial charge is 0.326 e. The molecule has 1 saturated heterocycles. The van der Waals surface area contributed by atoms with Crippen LogP contribution in [0.3, 0.4) is 0 Å². The Balaban J connectivity index is 2.25. The van der Waals surface area contributed by atoms with Crippen molar-refractivity contribution in [2.24, 2.45) is 0 Å². The molecular weight excluding hydrogens is 330 g/mol. The third-order valence-corrected chi connectivity index (χ3v) is 4.69. The maximum Gasteiger partial charge on any atom is 0.326 e. The van der Waals surface area contributed by atoms with Crippen LogP contribution < -0.4 is 0 Å². The second-order valence-corrected chi connectivity index (χ2v) is 6.79. The van der Waals surface area contributed by atoms with E-state index in [4.69, 9.17) is 12.2 Å². The summed E-state index contributed by atoms with van der Waals surface area (Å²) in [7, 11) is 0. The maximum absolute atomic E-state index is 12.5. The van der Waals surface area contributed by atoms with Crippen molar-refractivity contribution in [3.05, 3.63) is 52.4 Å². The number of hydrogen-bond acceptors (Lipinski definition) is 4. The largest absolute Gasteiger partial charge is 0.480 e.